The van der Waals surface area contributed by atoms with E-state index in [1.165, 1.54) is 43.7 Å². The minimum Gasteiger partial charge on any atom is -0.203 e. The highest BCUT2D eigenvalue weighted by Gasteiger charge is 2.35. The van der Waals surface area contributed by atoms with E-state index in [0.29, 0.717) is 12.0 Å². The summed E-state index contributed by atoms with van der Waals surface area (Å²) in [5.74, 6) is -6.07. The van der Waals surface area contributed by atoms with Crippen LogP contribution in [0, 0.1) is 11.6 Å². The highest BCUT2D eigenvalue weighted by Crippen LogP contribution is 2.38. The summed E-state index contributed by atoms with van der Waals surface area (Å²) >= 11 is 0. The predicted octanol–water partition coefficient (Wildman–Crippen LogP) is 10.5. The van der Waals surface area contributed by atoms with Crippen molar-refractivity contribution in [2.45, 2.75) is 84.0 Å². The Bertz CT molecular complexity index is 1050. The van der Waals surface area contributed by atoms with E-state index in [4.69, 9.17) is 0 Å². The second-order valence-corrected chi connectivity index (χ2v) is 9.39. The van der Waals surface area contributed by atoms with E-state index < -0.39 is 29.5 Å². The SMILES string of the molecule is CCCCCCCc1ccc(-c2ccc(-c3ccc(C(F)(F)CCCCC)c(F)c3F)cc2)cc1. The minimum absolute atomic E-state index is 0.0134. The number of aryl methyl sites for hydroxylation is 1. The molecule has 0 amide bonds. The fourth-order valence-electron chi connectivity index (χ4n) is 4.43. The van der Waals surface area contributed by atoms with Gasteiger partial charge in [-0.3, -0.25) is 0 Å². The number of halogens is 4. The van der Waals surface area contributed by atoms with Crippen LogP contribution in [0.3, 0.4) is 0 Å². The Balaban J connectivity index is 1.70. The number of hydrogen-bond acceptors (Lipinski definition) is 0. The van der Waals surface area contributed by atoms with Gasteiger partial charge in [-0.05, 0) is 47.6 Å². The van der Waals surface area contributed by atoms with Gasteiger partial charge in [0, 0.05) is 12.0 Å². The van der Waals surface area contributed by atoms with Gasteiger partial charge in [0.25, 0.3) is 5.92 Å². The first-order chi connectivity index (χ1) is 16.9. The molecule has 0 bridgehead atoms. The maximum absolute atomic E-state index is 14.8. The summed E-state index contributed by atoms with van der Waals surface area (Å²) in [7, 11) is 0. The van der Waals surface area contributed by atoms with Gasteiger partial charge in [-0.15, -0.1) is 0 Å². The van der Waals surface area contributed by atoms with E-state index >= 15 is 0 Å². The molecule has 0 aliphatic heterocycles. The summed E-state index contributed by atoms with van der Waals surface area (Å²) in [6.07, 6.45) is 8.55. The van der Waals surface area contributed by atoms with Crippen molar-refractivity contribution < 1.29 is 17.6 Å². The maximum Gasteiger partial charge on any atom is 0.276 e. The van der Waals surface area contributed by atoms with Crippen LogP contribution in [0.15, 0.2) is 60.7 Å². The molecule has 0 aliphatic carbocycles. The van der Waals surface area contributed by atoms with Crippen LogP contribution < -0.4 is 0 Å². The van der Waals surface area contributed by atoms with Crippen LogP contribution in [0.4, 0.5) is 17.6 Å². The molecular formula is C31H36F4. The summed E-state index contributed by atoms with van der Waals surface area (Å²) in [5, 5.41) is 0. The molecule has 0 aliphatic rings. The molecule has 0 heterocycles. The average Bonchev–Trinajstić information content (AvgIpc) is 2.86. The first-order valence-electron chi connectivity index (χ1n) is 12.9. The molecule has 188 valence electrons. The molecule has 0 unspecified atom stereocenters. The van der Waals surface area contributed by atoms with Crippen molar-refractivity contribution in [2.75, 3.05) is 0 Å². The molecular weight excluding hydrogens is 448 g/mol. The van der Waals surface area contributed by atoms with E-state index in [1.807, 2.05) is 19.1 Å². The van der Waals surface area contributed by atoms with E-state index in [2.05, 4.69) is 31.2 Å². The van der Waals surface area contributed by atoms with Crippen molar-refractivity contribution in [3.63, 3.8) is 0 Å². The Morgan fingerprint density at radius 3 is 1.74 bits per heavy atom. The first kappa shape index (κ1) is 27.0. The molecule has 0 radical (unpaired) electrons. The lowest BCUT2D eigenvalue weighted by molar-refractivity contribution is -0.0195. The fraction of sp³-hybridized carbons (Fsp3) is 0.419. The number of alkyl halides is 2. The highest BCUT2D eigenvalue weighted by molar-refractivity contribution is 5.71. The molecule has 3 rings (SSSR count). The molecule has 0 fully saturated rings. The quantitative estimate of drug-likeness (QED) is 0.167. The summed E-state index contributed by atoms with van der Waals surface area (Å²) in [4.78, 5) is 0. The first-order valence-corrected chi connectivity index (χ1v) is 12.9. The molecule has 0 nitrogen and oxygen atoms in total. The van der Waals surface area contributed by atoms with Crippen LogP contribution in [-0.4, -0.2) is 0 Å². The van der Waals surface area contributed by atoms with Crippen molar-refractivity contribution in [1.29, 1.82) is 0 Å². The zero-order chi connectivity index (χ0) is 25.3. The summed E-state index contributed by atoms with van der Waals surface area (Å²) < 4.78 is 58.3. The molecule has 3 aromatic carbocycles. The number of unbranched alkanes of at least 4 members (excludes halogenated alkanes) is 6. The van der Waals surface area contributed by atoms with Gasteiger partial charge >= 0.3 is 0 Å². The lowest BCUT2D eigenvalue weighted by Crippen LogP contribution is -2.16. The summed E-state index contributed by atoms with van der Waals surface area (Å²) in [5.41, 5.74) is 2.89. The summed E-state index contributed by atoms with van der Waals surface area (Å²) in [6.45, 7) is 4.12. The molecule has 0 atom stereocenters. The van der Waals surface area contributed by atoms with Crippen LogP contribution in [0.1, 0.15) is 82.8 Å². The zero-order valence-corrected chi connectivity index (χ0v) is 20.9. The van der Waals surface area contributed by atoms with E-state index in [0.717, 1.165) is 30.0 Å². The van der Waals surface area contributed by atoms with Gasteiger partial charge in [0.2, 0.25) is 0 Å². The second kappa shape index (κ2) is 12.9. The van der Waals surface area contributed by atoms with Crippen molar-refractivity contribution in [3.8, 4) is 22.3 Å². The lowest BCUT2D eigenvalue weighted by Gasteiger charge is -2.18. The van der Waals surface area contributed by atoms with Gasteiger partial charge in [0.15, 0.2) is 11.6 Å². The summed E-state index contributed by atoms with van der Waals surface area (Å²) in [6, 6.07) is 17.8. The van der Waals surface area contributed by atoms with Crippen LogP contribution in [0.2, 0.25) is 0 Å². The number of benzene rings is 3. The van der Waals surface area contributed by atoms with Crippen molar-refractivity contribution in [2.24, 2.45) is 0 Å². The van der Waals surface area contributed by atoms with Gasteiger partial charge in [-0.1, -0.05) is 107 Å². The molecule has 0 spiro atoms. The Morgan fingerprint density at radius 1 is 0.571 bits per heavy atom. The second-order valence-electron chi connectivity index (χ2n) is 9.39. The average molecular weight is 485 g/mol. The maximum atomic E-state index is 14.8. The van der Waals surface area contributed by atoms with Crippen molar-refractivity contribution in [1.82, 2.24) is 0 Å². The Morgan fingerprint density at radius 2 is 1.11 bits per heavy atom. The van der Waals surface area contributed by atoms with E-state index in [1.54, 1.807) is 12.1 Å². The van der Waals surface area contributed by atoms with Gasteiger partial charge < -0.3 is 0 Å². The van der Waals surface area contributed by atoms with Crippen molar-refractivity contribution >= 4 is 0 Å². The Kier molecular flexibility index (Phi) is 9.94. The van der Waals surface area contributed by atoms with Crippen LogP contribution in [0.5, 0.6) is 0 Å². The molecule has 0 aromatic heterocycles. The Hall–Kier alpha value is -2.62. The molecule has 35 heavy (non-hydrogen) atoms. The molecule has 4 heteroatoms. The molecule has 0 N–H and O–H groups in total. The molecule has 3 aromatic rings. The van der Waals surface area contributed by atoms with Gasteiger partial charge in [0.05, 0.1) is 5.56 Å². The third-order valence-corrected chi connectivity index (χ3v) is 6.62. The standard InChI is InChI=1S/C31H36F4/c1-3-5-7-8-9-11-23-12-14-24(15-13-23)25-16-18-26(19-17-25)27-20-21-28(30(33)29(27)32)31(34,35)22-10-6-4-2/h12-21H,3-11,22H2,1-2H3. The van der Waals surface area contributed by atoms with E-state index in [-0.39, 0.29) is 12.0 Å². The van der Waals surface area contributed by atoms with Crippen LogP contribution in [0.25, 0.3) is 22.3 Å². The highest BCUT2D eigenvalue weighted by atomic mass is 19.3. The smallest absolute Gasteiger partial charge is 0.203 e. The molecule has 0 saturated carbocycles. The lowest BCUT2D eigenvalue weighted by atomic mass is 9.95. The number of rotatable bonds is 13. The predicted molar refractivity (Wildman–Crippen MR) is 138 cm³/mol. The minimum atomic E-state index is -3.38. The normalized spacial score (nSPS) is 11.7. The van der Waals surface area contributed by atoms with Gasteiger partial charge in [-0.25, -0.2) is 17.6 Å². The monoisotopic (exact) mass is 484 g/mol. The fourth-order valence-corrected chi connectivity index (χ4v) is 4.43. The molecule has 0 saturated heterocycles. The number of hydrogen-bond donors (Lipinski definition) is 0. The van der Waals surface area contributed by atoms with Gasteiger partial charge in [-0.2, -0.15) is 0 Å². The van der Waals surface area contributed by atoms with Crippen LogP contribution >= 0.6 is 0 Å². The Labute approximate surface area is 207 Å². The van der Waals surface area contributed by atoms with Crippen LogP contribution in [-0.2, 0) is 12.3 Å². The van der Waals surface area contributed by atoms with Crippen molar-refractivity contribution in [3.05, 3.63) is 83.4 Å². The third-order valence-electron chi connectivity index (χ3n) is 6.62. The zero-order valence-electron chi connectivity index (χ0n) is 20.9. The largest absolute Gasteiger partial charge is 0.276 e. The van der Waals surface area contributed by atoms with Gasteiger partial charge in [0.1, 0.15) is 0 Å². The third kappa shape index (κ3) is 7.19. The topological polar surface area (TPSA) is 0 Å². The van der Waals surface area contributed by atoms with E-state index in [9.17, 15) is 17.6 Å².